The molecule has 2 aliphatic rings. The SMILES string of the molecule is CC(C)N1CCC[C@H]1c1cccc(N2CCC(O)CC2)n1. The first-order valence-corrected chi connectivity index (χ1v) is 8.31. The van der Waals surface area contributed by atoms with Crippen molar-refractivity contribution in [3.05, 3.63) is 23.9 Å². The Morgan fingerprint density at radius 2 is 1.90 bits per heavy atom. The summed E-state index contributed by atoms with van der Waals surface area (Å²) in [5, 5.41) is 9.64. The lowest BCUT2D eigenvalue weighted by atomic mass is 10.1. The Balaban J connectivity index is 1.77. The lowest BCUT2D eigenvalue weighted by Crippen LogP contribution is -2.36. The lowest BCUT2D eigenvalue weighted by Gasteiger charge is -2.32. The van der Waals surface area contributed by atoms with E-state index in [0.717, 1.165) is 31.7 Å². The van der Waals surface area contributed by atoms with E-state index in [-0.39, 0.29) is 6.10 Å². The van der Waals surface area contributed by atoms with Gasteiger partial charge in [-0.15, -0.1) is 0 Å². The van der Waals surface area contributed by atoms with Gasteiger partial charge in [0.25, 0.3) is 0 Å². The van der Waals surface area contributed by atoms with Crippen LogP contribution < -0.4 is 4.90 Å². The van der Waals surface area contributed by atoms with Gasteiger partial charge in [0, 0.05) is 19.1 Å². The number of pyridine rings is 1. The molecule has 4 heteroatoms. The zero-order chi connectivity index (χ0) is 14.8. The van der Waals surface area contributed by atoms with Crippen LogP contribution in [-0.2, 0) is 0 Å². The van der Waals surface area contributed by atoms with Crippen LogP contribution in [-0.4, -0.2) is 46.8 Å². The van der Waals surface area contributed by atoms with Gasteiger partial charge in [-0.1, -0.05) is 6.07 Å². The molecule has 4 nitrogen and oxygen atoms in total. The molecule has 2 fully saturated rings. The molecule has 3 heterocycles. The molecule has 116 valence electrons. The van der Waals surface area contributed by atoms with Crippen molar-refractivity contribution in [3.8, 4) is 0 Å². The summed E-state index contributed by atoms with van der Waals surface area (Å²) in [4.78, 5) is 9.81. The number of hydrogen-bond donors (Lipinski definition) is 1. The van der Waals surface area contributed by atoms with Crippen molar-refractivity contribution >= 4 is 5.82 Å². The van der Waals surface area contributed by atoms with E-state index in [4.69, 9.17) is 4.98 Å². The minimum Gasteiger partial charge on any atom is -0.393 e. The highest BCUT2D eigenvalue weighted by atomic mass is 16.3. The molecule has 0 amide bonds. The smallest absolute Gasteiger partial charge is 0.128 e. The molecule has 3 rings (SSSR count). The van der Waals surface area contributed by atoms with Gasteiger partial charge >= 0.3 is 0 Å². The van der Waals surface area contributed by atoms with Crippen LogP contribution in [0.5, 0.6) is 0 Å². The summed E-state index contributed by atoms with van der Waals surface area (Å²) in [6.07, 6.45) is 4.06. The van der Waals surface area contributed by atoms with Crippen molar-refractivity contribution in [1.29, 1.82) is 0 Å². The molecule has 0 radical (unpaired) electrons. The number of nitrogens with zero attached hydrogens (tertiary/aromatic N) is 3. The van der Waals surface area contributed by atoms with Gasteiger partial charge in [0.15, 0.2) is 0 Å². The summed E-state index contributed by atoms with van der Waals surface area (Å²) in [5.41, 5.74) is 1.21. The van der Waals surface area contributed by atoms with Crippen molar-refractivity contribution in [2.75, 3.05) is 24.5 Å². The van der Waals surface area contributed by atoms with E-state index in [9.17, 15) is 5.11 Å². The minimum absolute atomic E-state index is 0.129. The number of aliphatic hydroxyl groups is 1. The first kappa shape index (κ1) is 14.8. The fraction of sp³-hybridized carbons (Fsp3) is 0.706. The van der Waals surface area contributed by atoms with Crippen molar-refractivity contribution < 1.29 is 5.11 Å². The van der Waals surface area contributed by atoms with Crippen LogP contribution in [0.1, 0.15) is 51.3 Å². The van der Waals surface area contributed by atoms with Crippen LogP contribution in [0.3, 0.4) is 0 Å². The molecule has 0 aliphatic carbocycles. The molecule has 0 spiro atoms. The second-order valence-electron chi connectivity index (χ2n) is 6.63. The van der Waals surface area contributed by atoms with E-state index in [2.05, 4.69) is 41.8 Å². The second kappa shape index (κ2) is 6.32. The van der Waals surface area contributed by atoms with Gasteiger partial charge in [0.1, 0.15) is 5.82 Å². The number of aromatic nitrogens is 1. The third kappa shape index (κ3) is 3.22. The number of aliphatic hydroxyl groups excluding tert-OH is 1. The Hall–Kier alpha value is -1.13. The normalized spacial score (nSPS) is 25.0. The molecule has 0 saturated carbocycles. The highest BCUT2D eigenvalue weighted by Crippen LogP contribution is 2.33. The zero-order valence-corrected chi connectivity index (χ0v) is 13.2. The Morgan fingerprint density at radius 3 is 2.62 bits per heavy atom. The van der Waals surface area contributed by atoms with E-state index in [1.807, 2.05) is 0 Å². The van der Waals surface area contributed by atoms with Gasteiger partial charge in [-0.25, -0.2) is 4.98 Å². The number of anilines is 1. The van der Waals surface area contributed by atoms with Gasteiger partial charge in [0.05, 0.1) is 17.8 Å². The summed E-state index contributed by atoms with van der Waals surface area (Å²) in [6, 6.07) is 7.47. The molecule has 1 aromatic heterocycles. The number of likely N-dealkylation sites (tertiary alicyclic amines) is 1. The van der Waals surface area contributed by atoms with E-state index in [1.54, 1.807) is 0 Å². The number of piperidine rings is 1. The minimum atomic E-state index is -0.129. The number of hydrogen-bond acceptors (Lipinski definition) is 4. The molecule has 0 aromatic carbocycles. The topological polar surface area (TPSA) is 39.6 Å². The zero-order valence-electron chi connectivity index (χ0n) is 13.2. The molecule has 1 N–H and O–H groups in total. The lowest BCUT2D eigenvalue weighted by molar-refractivity contribution is 0.145. The molecule has 0 unspecified atom stereocenters. The fourth-order valence-electron chi connectivity index (χ4n) is 3.62. The fourth-order valence-corrected chi connectivity index (χ4v) is 3.62. The maximum Gasteiger partial charge on any atom is 0.128 e. The molecule has 2 aliphatic heterocycles. The van der Waals surface area contributed by atoms with Crippen molar-refractivity contribution in [2.24, 2.45) is 0 Å². The van der Waals surface area contributed by atoms with Crippen molar-refractivity contribution in [2.45, 2.75) is 57.7 Å². The van der Waals surface area contributed by atoms with Crippen LogP contribution in [0.4, 0.5) is 5.82 Å². The first-order chi connectivity index (χ1) is 10.1. The van der Waals surface area contributed by atoms with E-state index < -0.39 is 0 Å². The Kier molecular flexibility index (Phi) is 4.45. The molecule has 2 saturated heterocycles. The average molecular weight is 289 g/mol. The third-order valence-corrected chi connectivity index (χ3v) is 4.84. The maximum absolute atomic E-state index is 9.64. The monoisotopic (exact) mass is 289 g/mol. The Labute approximate surface area is 127 Å². The molecule has 21 heavy (non-hydrogen) atoms. The van der Waals surface area contributed by atoms with Gasteiger partial charge in [-0.3, -0.25) is 4.90 Å². The van der Waals surface area contributed by atoms with Gasteiger partial charge in [-0.05, 0) is 58.2 Å². The molecular formula is C17H27N3O. The Morgan fingerprint density at radius 1 is 1.14 bits per heavy atom. The Bertz CT molecular complexity index is 469. The largest absolute Gasteiger partial charge is 0.393 e. The standard InChI is InChI=1S/C17H27N3O/c1-13(2)20-10-4-6-16(20)15-5-3-7-17(18-15)19-11-8-14(21)9-12-19/h3,5,7,13-14,16,21H,4,6,8-12H2,1-2H3/t16-/m0/s1. The molecule has 1 aromatic rings. The van der Waals surface area contributed by atoms with Crippen LogP contribution in [0.2, 0.25) is 0 Å². The highest BCUT2D eigenvalue weighted by Gasteiger charge is 2.29. The maximum atomic E-state index is 9.64. The van der Waals surface area contributed by atoms with E-state index >= 15 is 0 Å². The summed E-state index contributed by atoms with van der Waals surface area (Å²) in [7, 11) is 0. The summed E-state index contributed by atoms with van der Waals surface area (Å²) >= 11 is 0. The van der Waals surface area contributed by atoms with Crippen LogP contribution >= 0.6 is 0 Å². The summed E-state index contributed by atoms with van der Waals surface area (Å²) in [6.45, 7) is 7.55. The van der Waals surface area contributed by atoms with E-state index in [0.29, 0.717) is 12.1 Å². The quantitative estimate of drug-likeness (QED) is 0.928. The van der Waals surface area contributed by atoms with Gasteiger partial charge < -0.3 is 10.0 Å². The van der Waals surface area contributed by atoms with Crippen LogP contribution in [0, 0.1) is 0 Å². The van der Waals surface area contributed by atoms with E-state index in [1.165, 1.54) is 25.1 Å². The van der Waals surface area contributed by atoms with Gasteiger partial charge in [0.2, 0.25) is 0 Å². The second-order valence-corrected chi connectivity index (χ2v) is 6.63. The van der Waals surface area contributed by atoms with Crippen molar-refractivity contribution in [1.82, 2.24) is 9.88 Å². The van der Waals surface area contributed by atoms with Gasteiger partial charge in [-0.2, -0.15) is 0 Å². The summed E-state index contributed by atoms with van der Waals surface area (Å²) in [5.74, 6) is 1.08. The molecule has 1 atom stereocenters. The van der Waals surface area contributed by atoms with Crippen LogP contribution in [0.15, 0.2) is 18.2 Å². The first-order valence-electron chi connectivity index (χ1n) is 8.31. The third-order valence-electron chi connectivity index (χ3n) is 4.84. The highest BCUT2D eigenvalue weighted by molar-refractivity contribution is 5.40. The predicted molar refractivity (Wildman–Crippen MR) is 85.5 cm³/mol. The number of rotatable bonds is 3. The molecular weight excluding hydrogens is 262 g/mol. The average Bonchev–Trinajstić information content (AvgIpc) is 2.98. The van der Waals surface area contributed by atoms with Crippen molar-refractivity contribution in [3.63, 3.8) is 0 Å². The molecule has 0 bridgehead atoms. The predicted octanol–water partition coefficient (Wildman–Crippen LogP) is 2.59. The summed E-state index contributed by atoms with van der Waals surface area (Å²) < 4.78 is 0. The van der Waals surface area contributed by atoms with Crippen LogP contribution in [0.25, 0.3) is 0 Å².